The summed E-state index contributed by atoms with van der Waals surface area (Å²) in [6.45, 7) is 3.62. The fraction of sp³-hybridized carbons (Fsp3) is 0.200. The normalized spacial score (nSPS) is 10.5. The number of carbonyl (C=O) groups is 1. The van der Waals surface area contributed by atoms with Gasteiger partial charge in [0.25, 0.3) is 5.91 Å². The molecule has 0 aromatic carbocycles. The van der Waals surface area contributed by atoms with Crippen LogP contribution in [0.2, 0.25) is 0 Å². The zero-order valence-corrected chi connectivity index (χ0v) is 9.22. The molecule has 2 rings (SSSR count). The molecule has 0 saturated carbocycles. The molecule has 0 bridgehead atoms. The van der Waals surface area contributed by atoms with Gasteiger partial charge in [-0.05, 0) is 26.0 Å². The topological polar surface area (TPSA) is 69.1 Å². The maximum absolute atomic E-state index is 11.0. The maximum Gasteiger partial charge on any atom is 0.260 e. The van der Waals surface area contributed by atoms with Gasteiger partial charge in [0.05, 0.1) is 5.69 Å². The average Bonchev–Trinajstić information content (AvgIpc) is 2.71. The minimum Gasteiger partial charge on any atom is -0.459 e. The highest BCUT2D eigenvalue weighted by molar-refractivity contribution is 7.17. The molecule has 0 unspecified atom stereocenters. The number of primary amides is 1. The van der Waals surface area contributed by atoms with Crippen LogP contribution in [0.5, 0.6) is 0 Å². The smallest absolute Gasteiger partial charge is 0.260 e. The van der Waals surface area contributed by atoms with Crippen LogP contribution in [0, 0.1) is 13.8 Å². The number of aromatic nitrogens is 1. The molecular weight excluding hydrogens is 212 g/mol. The number of nitrogens with two attached hydrogens (primary N) is 1. The van der Waals surface area contributed by atoms with Gasteiger partial charge in [0.2, 0.25) is 0 Å². The van der Waals surface area contributed by atoms with Crippen molar-refractivity contribution in [2.45, 2.75) is 13.8 Å². The summed E-state index contributed by atoms with van der Waals surface area (Å²) in [6.07, 6.45) is 0. The van der Waals surface area contributed by atoms with Crippen molar-refractivity contribution < 1.29 is 9.21 Å². The minimum atomic E-state index is -0.445. The van der Waals surface area contributed by atoms with Crippen molar-refractivity contribution in [3.8, 4) is 10.8 Å². The second-order valence-electron chi connectivity index (χ2n) is 3.21. The Kier molecular flexibility index (Phi) is 2.32. The number of aryl methyl sites for hydroxylation is 2. The van der Waals surface area contributed by atoms with Gasteiger partial charge in [-0.1, -0.05) is 0 Å². The molecule has 2 heterocycles. The first-order valence-corrected chi connectivity index (χ1v) is 5.23. The molecule has 0 spiro atoms. The Hall–Kier alpha value is -1.62. The summed E-state index contributed by atoms with van der Waals surface area (Å²) in [5.74, 6) is 1.05. The van der Waals surface area contributed by atoms with Crippen molar-refractivity contribution in [3.63, 3.8) is 0 Å². The van der Waals surface area contributed by atoms with E-state index in [-0.39, 0.29) is 0 Å². The largest absolute Gasteiger partial charge is 0.459 e. The molecule has 0 aliphatic carbocycles. The summed E-state index contributed by atoms with van der Waals surface area (Å²) in [6, 6.07) is 3.69. The number of thiazole rings is 1. The SMILES string of the molecule is Cc1ccc(-c2nc(C)c(C(N)=O)s2)o1. The molecule has 15 heavy (non-hydrogen) atoms. The van der Waals surface area contributed by atoms with Crippen LogP contribution in [0.25, 0.3) is 10.8 Å². The molecule has 0 aliphatic rings. The molecule has 0 fully saturated rings. The minimum absolute atomic E-state index is 0.445. The first-order chi connectivity index (χ1) is 7.08. The molecule has 1 amide bonds. The lowest BCUT2D eigenvalue weighted by molar-refractivity contribution is 0.100. The van der Waals surface area contributed by atoms with E-state index in [1.165, 1.54) is 11.3 Å². The third-order valence-electron chi connectivity index (χ3n) is 1.97. The number of furan rings is 1. The first-order valence-electron chi connectivity index (χ1n) is 4.42. The molecule has 4 nitrogen and oxygen atoms in total. The number of rotatable bonds is 2. The predicted octanol–water partition coefficient (Wildman–Crippen LogP) is 2.12. The van der Waals surface area contributed by atoms with E-state index in [0.717, 1.165) is 5.76 Å². The van der Waals surface area contributed by atoms with Crippen molar-refractivity contribution in [1.82, 2.24) is 4.98 Å². The van der Waals surface area contributed by atoms with Gasteiger partial charge in [-0.2, -0.15) is 0 Å². The van der Waals surface area contributed by atoms with Crippen LogP contribution in [-0.4, -0.2) is 10.9 Å². The van der Waals surface area contributed by atoms with E-state index in [1.54, 1.807) is 6.92 Å². The molecule has 0 aliphatic heterocycles. The monoisotopic (exact) mass is 222 g/mol. The molecule has 0 saturated heterocycles. The standard InChI is InChI=1S/C10H10N2O2S/c1-5-3-4-7(14-5)10-12-6(2)8(15-10)9(11)13/h3-4H,1-2H3,(H2,11,13). The summed E-state index contributed by atoms with van der Waals surface area (Å²) < 4.78 is 5.41. The van der Waals surface area contributed by atoms with Crippen molar-refractivity contribution in [1.29, 1.82) is 0 Å². The Morgan fingerprint density at radius 2 is 2.20 bits per heavy atom. The Bertz CT molecular complexity index is 513. The van der Waals surface area contributed by atoms with Gasteiger partial charge in [0.1, 0.15) is 10.6 Å². The van der Waals surface area contributed by atoms with Crippen molar-refractivity contribution in [2.24, 2.45) is 5.73 Å². The van der Waals surface area contributed by atoms with E-state index in [9.17, 15) is 4.79 Å². The van der Waals surface area contributed by atoms with Gasteiger partial charge in [-0.3, -0.25) is 4.79 Å². The summed E-state index contributed by atoms with van der Waals surface area (Å²) in [5, 5.41) is 0.689. The lowest BCUT2D eigenvalue weighted by Gasteiger charge is -1.87. The molecule has 2 aromatic rings. The van der Waals surface area contributed by atoms with E-state index in [0.29, 0.717) is 21.3 Å². The average molecular weight is 222 g/mol. The summed E-state index contributed by atoms with van der Waals surface area (Å²) >= 11 is 1.25. The predicted molar refractivity (Wildman–Crippen MR) is 57.8 cm³/mol. The van der Waals surface area contributed by atoms with Crippen LogP contribution < -0.4 is 5.73 Å². The molecular formula is C10H10N2O2S. The lowest BCUT2D eigenvalue weighted by atomic mass is 10.4. The number of amides is 1. The zero-order valence-electron chi connectivity index (χ0n) is 8.40. The van der Waals surface area contributed by atoms with Crippen LogP contribution in [0.4, 0.5) is 0 Å². The van der Waals surface area contributed by atoms with E-state index in [1.807, 2.05) is 19.1 Å². The molecule has 2 aromatic heterocycles. The van der Waals surface area contributed by atoms with Gasteiger partial charge >= 0.3 is 0 Å². The van der Waals surface area contributed by atoms with Crippen LogP contribution in [0.1, 0.15) is 21.1 Å². The number of hydrogen-bond donors (Lipinski definition) is 1. The third kappa shape index (κ3) is 1.78. The molecule has 78 valence electrons. The lowest BCUT2D eigenvalue weighted by Crippen LogP contribution is -2.09. The van der Waals surface area contributed by atoms with Crippen LogP contribution in [0.15, 0.2) is 16.5 Å². The quantitative estimate of drug-likeness (QED) is 0.846. The van der Waals surface area contributed by atoms with E-state index in [4.69, 9.17) is 10.2 Å². The van der Waals surface area contributed by atoms with Gasteiger partial charge in [-0.15, -0.1) is 11.3 Å². The number of carbonyl (C=O) groups excluding carboxylic acids is 1. The van der Waals surface area contributed by atoms with Crippen molar-refractivity contribution >= 4 is 17.2 Å². The van der Waals surface area contributed by atoms with E-state index in [2.05, 4.69) is 4.98 Å². The van der Waals surface area contributed by atoms with Crippen molar-refractivity contribution in [3.05, 3.63) is 28.5 Å². The second-order valence-corrected chi connectivity index (χ2v) is 4.21. The third-order valence-corrected chi connectivity index (χ3v) is 3.16. The van der Waals surface area contributed by atoms with Gasteiger partial charge in [0.15, 0.2) is 10.8 Å². The summed E-state index contributed by atoms with van der Waals surface area (Å²) in [4.78, 5) is 15.8. The molecule has 5 heteroatoms. The van der Waals surface area contributed by atoms with E-state index >= 15 is 0 Å². The summed E-state index contributed by atoms with van der Waals surface area (Å²) in [7, 11) is 0. The van der Waals surface area contributed by atoms with Gasteiger partial charge in [0, 0.05) is 0 Å². The Labute approximate surface area is 90.7 Å². The number of hydrogen-bond acceptors (Lipinski definition) is 4. The highest BCUT2D eigenvalue weighted by Crippen LogP contribution is 2.28. The Balaban J connectivity index is 2.46. The Morgan fingerprint density at radius 1 is 1.47 bits per heavy atom. The van der Waals surface area contributed by atoms with Crippen LogP contribution in [0.3, 0.4) is 0 Å². The van der Waals surface area contributed by atoms with Gasteiger partial charge in [-0.25, -0.2) is 4.98 Å². The highest BCUT2D eigenvalue weighted by Gasteiger charge is 2.15. The fourth-order valence-corrected chi connectivity index (χ4v) is 2.16. The van der Waals surface area contributed by atoms with Crippen molar-refractivity contribution in [2.75, 3.05) is 0 Å². The highest BCUT2D eigenvalue weighted by atomic mass is 32.1. The second kappa shape index (κ2) is 3.51. The van der Waals surface area contributed by atoms with Gasteiger partial charge < -0.3 is 10.2 Å². The van der Waals surface area contributed by atoms with Crippen LogP contribution >= 0.6 is 11.3 Å². The summed E-state index contributed by atoms with van der Waals surface area (Å²) in [5.41, 5.74) is 5.86. The molecule has 0 atom stereocenters. The first kappa shape index (κ1) is 9.92. The maximum atomic E-state index is 11.0. The molecule has 0 radical (unpaired) electrons. The Morgan fingerprint density at radius 3 is 2.67 bits per heavy atom. The van der Waals surface area contributed by atoms with Crippen LogP contribution in [-0.2, 0) is 0 Å². The zero-order chi connectivity index (χ0) is 11.0. The van der Waals surface area contributed by atoms with E-state index < -0.39 is 5.91 Å². The fourth-order valence-electron chi connectivity index (χ4n) is 1.28. The molecule has 2 N–H and O–H groups in total. The number of nitrogens with zero attached hydrogens (tertiary/aromatic N) is 1.